The highest BCUT2D eigenvalue weighted by Gasteiger charge is 2.14. The Morgan fingerprint density at radius 3 is 2.55 bits per heavy atom. The van der Waals surface area contributed by atoms with Crippen molar-refractivity contribution in [2.75, 3.05) is 5.32 Å². The number of aromatic hydroxyl groups is 1. The number of carbonyl (C=O) groups excluding carboxylic acids is 1. The molecule has 0 fully saturated rings. The van der Waals surface area contributed by atoms with E-state index in [1.54, 1.807) is 18.2 Å². The van der Waals surface area contributed by atoms with Crippen LogP contribution in [0.15, 0.2) is 36.4 Å². The summed E-state index contributed by atoms with van der Waals surface area (Å²) in [6.07, 6.45) is 0.285. The van der Waals surface area contributed by atoms with Crippen LogP contribution in [0.2, 0.25) is 0 Å². The number of benzene rings is 2. The molecule has 0 spiro atoms. The molecule has 106 valence electrons. The zero-order valence-electron chi connectivity index (χ0n) is 11.8. The van der Waals surface area contributed by atoms with E-state index in [1.807, 2.05) is 32.0 Å². The molecule has 4 nitrogen and oxygen atoms in total. The Morgan fingerprint density at radius 1 is 1.20 bits per heavy atom. The molecule has 2 aromatic carbocycles. The molecule has 2 rings (SSSR count). The minimum atomic E-state index is -0.154. The van der Waals surface area contributed by atoms with Gasteiger partial charge in [0.2, 0.25) is 5.91 Å². The lowest BCUT2D eigenvalue weighted by molar-refractivity contribution is -0.116. The van der Waals surface area contributed by atoms with Crippen LogP contribution in [-0.4, -0.2) is 17.1 Å². The van der Waals surface area contributed by atoms with Crippen molar-refractivity contribution in [3.05, 3.63) is 36.4 Å². The van der Waals surface area contributed by atoms with Crippen LogP contribution in [0, 0.1) is 5.92 Å². The molecule has 0 aliphatic rings. The zero-order chi connectivity index (χ0) is 14.7. The van der Waals surface area contributed by atoms with Crippen LogP contribution in [0.1, 0.15) is 20.3 Å². The van der Waals surface area contributed by atoms with Gasteiger partial charge >= 0.3 is 0 Å². The summed E-state index contributed by atoms with van der Waals surface area (Å²) in [5, 5.41) is 14.2. The summed E-state index contributed by atoms with van der Waals surface area (Å²) in [7, 11) is 0. The highest BCUT2D eigenvalue weighted by Crippen LogP contribution is 2.29. The smallest absolute Gasteiger partial charge is 0.225 e. The van der Waals surface area contributed by atoms with Gasteiger partial charge in [0.15, 0.2) is 0 Å². The zero-order valence-corrected chi connectivity index (χ0v) is 11.8. The first-order valence-corrected chi connectivity index (χ1v) is 6.75. The van der Waals surface area contributed by atoms with Gasteiger partial charge in [-0.25, -0.2) is 0 Å². The van der Waals surface area contributed by atoms with Crippen molar-refractivity contribution in [1.29, 1.82) is 0 Å². The number of fused-ring (bicyclic) bond motifs is 1. The van der Waals surface area contributed by atoms with E-state index in [2.05, 4.69) is 5.32 Å². The molecule has 1 unspecified atom stereocenters. The molecule has 0 aliphatic heterocycles. The lowest BCUT2D eigenvalue weighted by Crippen LogP contribution is -2.31. The largest absolute Gasteiger partial charge is 0.507 e. The minimum Gasteiger partial charge on any atom is -0.507 e. The van der Waals surface area contributed by atoms with E-state index in [9.17, 15) is 9.90 Å². The predicted octanol–water partition coefficient (Wildman–Crippen LogP) is 2.86. The Kier molecular flexibility index (Phi) is 4.25. The Hall–Kier alpha value is -2.07. The fourth-order valence-electron chi connectivity index (χ4n) is 2.05. The van der Waals surface area contributed by atoms with Gasteiger partial charge in [0, 0.05) is 28.9 Å². The van der Waals surface area contributed by atoms with E-state index in [0.717, 1.165) is 10.8 Å². The van der Waals surface area contributed by atoms with Crippen LogP contribution in [0.25, 0.3) is 10.8 Å². The third-order valence-electron chi connectivity index (χ3n) is 3.45. The fourth-order valence-corrected chi connectivity index (χ4v) is 2.05. The molecule has 0 aliphatic carbocycles. The van der Waals surface area contributed by atoms with Gasteiger partial charge in [-0.05, 0) is 18.1 Å². The van der Waals surface area contributed by atoms with Gasteiger partial charge in [-0.2, -0.15) is 0 Å². The number of hydrogen-bond donors (Lipinski definition) is 3. The molecule has 0 aromatic heterocycles. The number of nitrogens with one attached hydrogen (secondary N) is 1. The Bertz CT molecular complexity index is 623. The molecule has 4 heteroatoms. The average Bonchev–Trinajstić information content (AvgIpc) is 2.39. The minimum absolute atomic E-state index is 0.109. The number of phenolic OH excluding ortho intramolecular Hbond substituents is 1. The Balaban J connectivity index is 2.22. The summed E-state index contributed by atoms with van der Waals surface area (Å²) in [6, 6.07) is 10.5. The molecule has 1 amide bonds. The van der Waals surface area contributed by atoms with Gasteiger partial charge in [-0.3, -0.25) is 4.79 Å². The van der Waals surface area contributed by atoms with Gasteiger partial charge in [0.05, 0.1) is 0 Å². The molecule has 0 bridgehead atoms. The SMILES string of the molecule is CC(C)C(N)CC(=O)Nc1cccc2c(O)cccc12. The van der Waals surface area contributed by atoms with E-state index >= 15 is 0 Å². The number of nitrogens with two attached hydrogens (primary N) is 1. The first kappa shape index (κ1) is 14.3. The van der Waals surface area contributed by atoms with Gasteiger partial charge < -0.3 is 16.2 Å². The Morgan fingerprint density at radius 2 is 1.85 bits per heavy atom. The van der Waals surface area contributed by atoms with Crippen molar-refractivity contribution >= 4 is 22.4 Å². The molecule has 4 N–H and O–H groups in total. The highest BCUT2D eigenvalue weighted by atomic mass is 16.3. The third kappa shape index (κ3) is 3.08. The quantitative estimate of drug-likeness (QED) is 0.801. The van der Waals surface area contributed by atoms with Crippen LogP contribution < -0.4 is 11.1 Å². The van der Waals surface area contributed by atoms with Crippen molar-refractivity contribution in [1.82, 2.24) is 0 Å². The van der Waals surface area contributed by atoms with Gasteiger partial charge in [-0.15, -0.1) is 0 Å². The van der Waals surface area contributed by atoms with Crippen molar-refractivity contribution < 1.29 is 9.90 Å². The maximum atomic E-state index is 12.0. The van der Waals surface area contributed by atoms with Crippen molar-refractivity contribution in [2.45, 2.75) is 26.3 Å². The molecule has 20 heavy (non-hydrogen) atoms. The number of hydrogen-bond acceptors (Lipinski definition) is 3. The van der Waals surface area contributed by atoms with Crippen LogP contribution >= 0.6 is 0 Å². The number of phenols is 1. The normalized spacial score (nSPS) is 12.6. The predicted molar refractivity (Wildman–Crippen MR) is 81.7 cm³/mol. The Labute approximate surface area is 118 Å². The summed E-state index contributed by atoms with van der Waals surface area (Å²) in [5.41, 5.74) is 6.60. The van der Waals surface area contributed by atoms with Gasteiger partial charge in [0.25, 0.3) is 0 Å². The summed E-state index contributed by atoms with van der Waals surface area (Å²) in [4.78, 5) is 12.0. The number of amides is 1. The molecule has 0 radical (unpaired) electrons. The molecule has 0 saturated heterocycles. The van der Waals surface area contributed by atoms with Crippen molar-refractivity contribution in [2.24, 2.45) is 11.7 Å². The topological polar surface area (TPSA) is 75.4 Å². The molecule has 0 saturated carbocycles. The standard InChI is InChI=1S/C16H20N2O2/c1-10(2)13(17)9-16(20)18-14-7-3-6-12-11(14)5-4-8-15(12)19/h3-8,10,13,19H,9,17H2,1-2H3,(H,18,20). The van der Waals surface area contributed by atoms with Crippen LogP contribution in [0.3, 0.4) is 0 Å². The lowest BCUT2D eigenvalue weighted by atomic mass is 10.0. The average molecular weight is 272 g/mol. The van der Waals surface area contributed by atoms with E-state index in [0.29, 0.717) is 5.69 Å². The monoisotopic (exact) mass is 272 g/mol. The maximum Gasteiger partial charge on any atom is 0.225 e. The number of rotatable bonds is 4. The van der Waals surface area contributed by atoms with Gasteiger partial charge in [0.1, 0.15) is 5.75 Å². The van der Waals surface area contributed by atoms with Crippen molar-refractivity contribution in [3.63, 3.8) is 0 Å². The molecule has 1 atom stereocenters. The molecule has 2 aromatic rings. The second-order valence-corrected chi connectivity index (χ2v) is 5.34. The van der Waals surface area contributed by atoms with E-state index in [-0.39, 0.29) is 30.0 Å². The third-order valence-corrected chi connectivity index (χ3v) is 3.45. The second-order valence-electron chi connectivity index (χ2n) is 5.34. The molecule has 0 heterocycles. The number of anilines is 1. The van der Waals surface area contributed by atoms with Crippen LogP contribution in [0.5, 0.6) is 5.75 Å². The van der Waals surface area contributed by atoms with E-state index < -0.39 is 0 Å². The van der Waals surface area contributed by atoms with Crippen molar-refractivity contribution in [3.8, 4) is 5.75 Å². The summed E-state index contributed by atoms with van der Waals surface area (Å²) in [5.74, 6) is 0.358. The maximum absolute atomic E-state index is 12.0. The number of carbonyl (C=O) groups is 1. The fraction of sp³-hybridized carbons (Fsp3) is 0.312. The summed E-state index contributed by atoms with van der Waals surface area (Å²) in [6.45, 7) is 3.99. The summed E-state index contributed by atoms with van der Waals surface area (Å²) >= 11 is 0. The summed E-state index contributed by atoms with van der Waals surface area (Å²) < 4.78 is 0. The highest BCUT2D eigenvalue weighted by molar-refractivity contribution is 6.03. The second kappa shape index (κ2) is 5.92. The van der Waals surface area contributed by atoms with E-state index in [1.165, 1.54) is 0 Å². The molecular formula is C16H20N2O2. The van der Waals surface area contributed by atoms with E-state index in [4.69, 9.17) is 5.73 Å². The first-order valence-electron chi connectivity index (χ1n) is 6.75. The molecular weight excluding hydrogens is 252 g/mol. The van der Waals surface area contributed by atoms with Gasteiger partial charge in [-0.1, -0.05) is 38.1 Å². The van der Waals surface area contributed by atoms with Crippen LogP contribution in [-0.2, 0) is 4.79 Å². The lowest BCUT2D eigenvalue weighted by Gasteiger charge is -2.15. The first-order chi connectivity index (χ1) is 9.49. The van der Waals surface area contributed by atoms with Crippen LogP contribution in [0.4, 0.5) is 5.69 Å².